The molecule has 0 unspecified atom stereocenters. The van der Waals surface area contributed by atoms with E-state index in [-0.39, 0.29) is 0 Å². The summed E-state index contributed by atoms with van der Waals surface area (Å²) in [5.41, 5.74) is 11.3. The standard InChI is InChI=1S/C23H28N4S/c1-17(20-8-4-3-5-9-20)15-25-12-11-19-7-6-10-21(14-19)26-18(2)13-22-16-28-23(24)27-22/h3-10,14,16-17,25-26H,2,11-13,15H2,1H3,(H2,24,27)/t17-/m0/s1. The highest BCUT2D eigenvalue weighted by molar-refractivity contribution is 7.13. The van der Waals surface area contributed by atoms with Crippen LogP contribution in [0.1, 0.15) is 29.7 Å². The van der Waals surface area contributed by atoms with Crippen LogP contribution in [0.2, 0.25) is 0 Å². The molecule has 3 rings (SSSR count). The monoisotopic (exact) mass is 392 g/mol. The molecule has 146 valence electrons. The van der Waals surface area contributed by atoms with Crippen molar-refractivity contribution >= 4 is 22.2 Å². The summed E-state index contributed by atoms with van der Waals surface area (Å²) in [6.45, 7) is 8.31. The van der Waals surface area contributed by atoms with Gasteiger partial charge in [0.1, 0.15) is 0 Å². The zero-order valence-electron chi connectivity index (χ0n) is 16.3. The lowest BCUT2D eigenvalue weighted by Gasteiger charge is -2.13. The van der Waals surface area contributed by atoms with Gasteiger partial charge in [0.2, 0.25) is 0 Å². The molecule has 4 nitrogen and oxygen atoms in total. The summed E-state index contributed by atoms with van der Waals surface area (Å²) in [5.74, 6) is 0.511. The molecule has 1 heterocycles. The van der Waals surface area contributed by atoms with E-state index >= 15 is 0 Å². The van der Waals surface area contributed by atoms with Gasteiger partial charge >= 0.3 is 0 Å². The largest absolute Gasteiger partial charge is 0.375 e. The SMILES string of the molecule is C=C(Cc1csc(N)n1)Nc1cccc(CCNC[C@H](C)c2ccccc2)c1. The fraction of sp³-hybridized carbons (Fsp3) is 0.261. The zero-order valence-corrected chi connectivity index (χ0v) is 17.1. The number of nitrogens with one attached hydrogen (secondary N) is 2. The van der Waals surface area contributed by atoms with E-state index in [2.05, 4.69) is 83.7 Å². The predicted octanol–water partition coefficient (Wildman–Crippen LogP) is 4.83. The number of hydrogen-bond donors (Lipinski definition) is 3. The Kier molecular flexibility index (Phi) is 7.23. The number of aromatic nitrogens is 1. The Morgan fingerprint density at radius 2 is 2.00 bits per heavy atom. The molecule has 0 fully saturated rings. The van der Waals surface area contributed by atoms with Crippen LogP contribution >= 0.6 is 11.3 Å². The third-order valence-electron chi connectivity index (χ3n) is 4.62. The number of thiazole rings is 1. The minimum Gasteiger partial charge on any atom is -0.375 e. The van der Waals surface area contributed by atoms with Gasteiger partial charge in [0.15, 0.2) is 5.13 Å². The van der Waals surface area contributed by atoms with E-state index in [4.69, 9.17) is 5.73 Å². The van der Waals surface area contributed by atoms with E-state index in [0.29, 0.717) is 17.5 Å². The van der Waals surface area contributed by atoms with Crippen molar-refractivity contribution in [2.75, 3.05) is 24.1 Å². The van der Waals surface area contributed by atoms with Gasteiger partial charge in [-0.2, -0.15) is 0 Å². The number of nitrogens with zero attached hydrogens (tertiary/aromatic N) is 1. The molecular weight excluding hydrogens is 364 g/mol. The highest BCUT2D eigenvalue weighted by atomic mass is 32.1. The molecule has 0 saturated carbocycles. The first-order chi connectivity index (χ1) is 13.6. The van der Waals surface area contributed by atoms with Crippen LogP contribution in [0.15, 0.2) is 72.3 Å². The third-order valence-corrected chi connectivity index (χ3v) is 5.34. The van der Waals surface area contributed by atoms with Gasteiger partial charge in [-0.1, -0.05) is 56.0 Å². The Hall–Kier alpha value is -2.63. The Balaban J connectivity index is 1.43. The van der Waals surface area contributed by atoms with Crippen molar-refractivity contribution in [1.29, 1.82) is 0 Å². The quantitative estimate of drug-likeness (QED) is 0.433. The number of benzene rings is 2. The average molecular weight is 393 g/mol. The first-order valence-electron chi connectivity index (χ1n) is 9.59. The second-order valence-electron chi connectivity index (χ2n) is 7.05. The third kappa shape index (κ3) is 6.22. The molecule has 0 amide bonds. The molecule has 0 aliphatic carbocycles. The molecule has 2 aromatic carbocycles. The summed E-state index contributed by atoms with van der Waals surface area (Å²) >= 11 is 1.46. The van der Waals surface area contributed by atoms with Gasteiger partial charge in [0.05, 0.1) is 5.69 Å². The molecule has 0 bridgehead atoms. The average Bonchev–Trinajstić information content (AvgIpc) is 3.10. The Morgan fingerprint density at radius 3 is 2.75 bits per heavy atom. The van der Waals surface area contributed by atoms with E-state index in [9.17, 15) is 0 Å². The first-order valence-corrected chi connectivity index (χ1v) is 10.5. The summed E-state index contributed by atoms with van der Waals surface area (Å²) in [7, 11) is 0. The number of nitrogens with two attached hydrogens (primary N) is 1. The fourth-order valence-electron chi connectivity index (χ4n) is 3.13. The Labute approximate surface area is 171 Å². The molecule has 3 aromatic rings. The summed E-state index contributed by atoms with van der Waals surface area (Å²) < 4.78 is 0. The second kappa shape index (κ2) is 10.1. The molecule has 0 aliphatic rings. The van der Waals surface area contributed by atoms with Crippen LogP contribution in [0, 0.1) is 0 Å². The second-order valence-corrected chi connectivity index (χ2v) is 7.94. The molecule has 0 aliphatic heterocycles. The maximum Gasteiger partial charge on any atom is 0.180 e. The molecular formula is C23H28N4S. The molecule has 4 N–H and O–H groups in total. The number of rotatable bonds is 10. The molecule has 0 saturated heterocycles. The Bertz CT molecular complexity index is 888. The predicted molar refractivity (Wildman–Crippen MR) is 121 cm³/mol. The van der Waals surface area contributed by atoms with Crippen molar-refractivity contribution in [3.63, 3.8) is 0 Å². The fourth-order valence-corrected chi connectivity index (χ4v) is 3.69. The maximum absolute atomic E-state index is 5.69. The van der Waals surface area contributed by atoms with Crippen LogP contribution in [0.5, 0.6) is 0 Å². The van der Waals surface area contributed by atoms with Crippen LogP contribution in [-0.4, -0.2) is 18.1 Å². The van der Waals surface area contributed by atoms with E-state index in [1.54, 1.807) is 0 Å². The van der Waals surface area contributed by atoms with Crippen LogP contribution in [0.25, 0.3) is 0 Å². The van der Waals surface area contributed by atoms with Crippen molar-refractivity contribution in [2.45, 2.75) is 25.7 Å². The highest BCUT2D eigenvalue weighted by Gasteiger charge is 2.05. The van der Waals surface area contributed by atoms with Crippen molar-refractivity contribution in [2.24, 2.45) is 0 Å². The van der Waals surface area contributed by atoms with Gasteiger partial charge in [-0.25, -0.2) is 4.98 Å². The minimum absolute atomic E-state index is 0.511. The lowest BCUT2D eigenvalue weighted by atomic mass is 10.0. The van der Waals surface area contributed by atoms with E-state index in [1.165, 1.54) is 22.5 Å². The first kappa shape index (κ1) is 20.1. The van der Waals surface area contributed by atoms with Gasteiger partial charge in [-0.15, -0.1) is 11.3 Å². The van der Waals surface area contributed by atoms with Gasteiger partial charge < -0.3 is 16.4 Å². The van der Waals surface area contributed by atoms with Crippen molar-refractivity contribution in [3.8, 4) is 0 Å². The highest BCUT2D eigenvalue weighted by Crippen LogP contribution is 2.18. The van der Waals surface area contributed by atoms with Gasteiger partial charge in [0, 0.05) is 29.7 Å². The number of nitrogen functional groups attached to an aromatic ring is 1. The molecule has 1 atom stereocenters. The Morgan fingerprint density at radius 1 is 1.18 bits per heavy atom. The summed E-state index contributed by atoms with van der Waals surface area (Å²) in [4.78, 5) is 4.28. The molecule has 28 heavy (non-hydrogen) atoms. The van der Waals surface area contributed by atoms with Crippen molar-refractivity contribution in [3.05, 3.63) is 89.1 Å². The normalized spacial score (nSPS) is 11.9. The number of allylic oxidation sites excluding steroid dienone is 1. The van der Waals surface area contributed by atoms with Crippen LogP contribution in [0.3, 0.4) is 0 Å². The lowest BCUT2D eigenvalue weighted by Crippen LogP contribution is -2.22. The molecule has 0 spiro atoms. The molecule has 5 heteroatoms. The van der Waals surface area contributed by atoms with Crippen LogP contribution in [0.4, 0.5) is 10.8 Å². The van der Waals surface area contributed by atoms with E-state index in [0.717, 1.165) is 36.6 Å². The van der Waals surface area contributed by atoms with Gasteiger partial charge in [-0.05, 0) is 42.1 Å². The van der Waals surface area contributed by atoms with Crippen LogP contribution in [-0.2, 0) is 12.8 Å². The van der Waals surface area contributed by atoms with Crippen LogP contribution < -0.4 is 16.4 Å². The van der Waals surface area contributed by atoms with Gasteiger partial charge in [0.25, 0.3) is 0 Å². The van der Waals surface area contributed by atoms with Crippen molar-refractivity contribution < 1.29 is 0 Å². The zero-order chi connectivity index (χ0) is 19.8. The number of anilines is 2. The number of hydrogen-bond acceptors (Lipinski definition) is 5. The molecule has 0 radical (unpaired) electrons. The molecule has 1 aromatic heterocycles. The summed E-state index contributed by atoms with van der Waals surface area (Å²) in [6, 6.07) is 19.1. The van der Waals surface area contributed by atoms with Gasteiger partial charge in [-0.3, -0.25) is 0 Å². The minimum atomic E-state index is 0.511. The summed E-state index contributed by atoms with van der Waals surface area (Å²) in [6.07, 6.45) is 1.67. The van der Waals surface area contributed by atoms with Crippen molar-refractivity contribution in [1.82, 2.24) is 10.3 Å². The summed E-state index contributed by atoms with van der Waals surface area (Å²) in [5, 5.41) is 9.52. The van der Waals surface area contributed by atoms with E-state index in [1.807, 2.05) is 5.38 Å². The smallest absolute Gasteiger partial charge is 0.180 e. The lowest BCUT2D eigenvalue weighted by molar-refractivity contribution is 0.615. The van der Waals surface area contributed by atoms with E-state index < -0.39 is 0 Å². The maximum atomic E-state index is 5.69. The topological polar surface area (TPSA) is 63.0 Å².